The third-order valence-corrected chi connectivity index (χ3v) is 5.50. The van der Waals surface area contributed by atoms with E-state index in [-0.39, 0.29) is 11.3 Å². The van der Waals surface area contributed by atoms with Crippen LogP contribution in [0.25, 0.3) is 0 Å². The number of carbonyl (C=O) groups is 1. The summed E-state index contributed by atoms with van der Waals surface area (Å²) >= 11 is 0. The number of amides is 1. The average Bonchev–Trinajstić information content (AvgIpc) is 3.17. The van der Waals surface area contributed by atoms with E-state index in [0.29, 0.717) is 12.6 Å². The van der Waals surface area contributed by atoms with Crippen molar-refractivity contribution in [3.8, 4) is 0 Å². The Balaban J connectivity index is 1.58. The molecule has 1 aliphatic rings. The second kappa shape index (κ2) is 6.85. The highest BCUT2D eigenvalue weighted by molar-refractivity contribution is 5.76. The van der Waals surface area contributed by atoms with Crippen LogP contribution in [-0.2, 0) is 16.8 Å². The molecule has 7 nitrogen and oxygen atoms in total. The van der Waals surface area contributed by atoms with Crippen molar-refractivity contribution in [1.82, 2.24) is 29.7 Å². The molecule has 0 unspecified atom stereocenters. The Morgan fingerprint density at radius 3 is 2.35 bits per heavy atom. The van der Waals surface area contributed by atoms with Crippen LogP contribution in [0.15, 0.2) is 6.20 Å². The number of carbonyl (C=O) groups excluding carboxylic acids is 1. The molecule has 26 heavy (non-hydrogen) atoms. The van der Waals surface area contributed by atoms with E-state index in [4.69, 9.17) is 0 Å². The lowest BCUT2D eigenvalue weighted by Gasteiger charge is -2.32. The van der Waals surface area contributed by atoms with Gasteiger partial charge < -0.3 is 4.90 Å². The summed E-state index contributed by atoms with van der Waals surface area (Å²) in [5.74, 6) is 0.142. The molecule has 2 aromatic rings. The number of aromatic nitrogens is 5. The Hall–Kier alpha value is -2.18. The molecular formula is C19H30N6O. The van der Waals surface area contributed by atoms with Crippen LogP contribution < -0.4 is 0 Å². The van der Waals surface area contributed by atoms with Crippen molar-refractivity contribution in [3.63, 3.8) is 0 Å². The lowest BCUT2D eigenvalue weighted by atomic mass is 9.93. The number of aryl methyl sites for hydroxylation is 1. The summed E-state index contributed by atoms with van der Waals surface area (Å²) < 4.78 is 3.80. The van der Waals surface area contributed by atoms with Crippen LogP contribution in [-0.4, -0.2) is 48.7 Å². The number of rotatable bonds is 3. The van der Waals surface area contributed by atoms with Crippen LogP contribution in [0.1, 0.15) is 62.3 Å². The number of nitrogens with zero attached hydrogens (tertiary/aromatic N) is 6. The van der Waals surface area contributed by atoms with Crippen LogP contribution >= 0.6 is 0 Å². The van der Waals surface area contributed by atoms with Gasteiger partial charge in [0.2, 0.25) is 5.91 Å². The fraction of sp³-hybridized carbons (Fsp3) is 0.684. The fourth-order valence-corrected chi connectivity index (χ4v) is 3.35. The predicted octanol–water partition coefficient (Wildman–Crippen LogP) is 2.56. The number of hydrogen-bond donors (Lipinski definition) is 0. The van der Waals surface area contributed by atoms with Gasteiger partial charge >= 0.3 is 0 Å². The normalized spacial score (nSPS) is 16.3. The first-order chi connectivity index (χ1) is 12.2. The molecule has 0 aromatic carbocycles. The molecule has 0 bridgehead atoms. The number of hydrogen-bond acceptors (Lipinski definition) is 4. The average molecular weight is 358 g/mol. The van der Waals surface area contributed by atoms with Crippen molar-refractivity contribution in [1.29, 1.82) is 0 Å². The molecule has 1 fully saturated rings. The van der Waals surface area contributed by atoms with E-state index in [9.17, 15) is 4.79 Å². The van der Waals surface area contributed by atoms with Gasteiger partial charge in [0, 0.05) is 30.4 Å². The molecular weight excluding hydrogens is 328 g/mol. The van der Waals surface area contributed by atoms with Crippen molar-refractivity contribution in [2.75, 3.05) is 13.1 Å². The van der Waals surface area contributed by atoms with Gasteiger partial charge in [-0.2, -0.15) is 5.10 Å². The molecule has 0 N–H and O–H groups in total. The molecule has 1 aliphatic heterocycles. The van der Waals surface area contributed by atoms with Crippen molar-refractivity contribution < 1.29 is 4.79 Å². The van der Waals surface area contributed by atoms with Crippen molar-refractivity contribution in [2.24, 2.45) is 0 Å². The zero-order chi connectivity index (χ0) is 19.1. The van der Waals surface area contributed by atoms with Gasteiger partial charge in [0.15, 0.2) is 0 Å². The van der Waals surface area contributed by atoms with Crippen molar-refractivity contribution in [2.45, 2.75) is 72.4 Å². The lowest BCUT2D eigenvalue weighted by molar-refractivity contribution is -0.133. The van der Waals surface area contributed by atoms with E-state index < -0.39 is 0 Å². The van der Waals surface area contributed by atoms with E-state index in [1.165, 1.54) is 0 Å². The minimum Gasteiger partial charge on any atom is -0.341 e. The van der Waals surface area contributed by atoms with E-state index in [1.54, 1.807) is 0 Å². The van der Waals surface area contributed by atoms with E-state index >= 15 is 0 Å². The van der Waals surface area contributed by atoms with Gasteiger partial charge in [-0.25, -0.2) is 4.68 Å². The first kappa shape index (κ1) is 18.6. The van der Waals surface area contributed by atoms with Gasteiger partial charge in [0.1, 0.15) is 6.54 Å². The molecule has 142 valence electrons. The van der Waals surface area contributed by atoms with E-state index in [1.807, 2.05) is 35.0 Å². The maximum absolute atomic E-state index is 12.6. The Bertz CT molecular complexity index is 790. The van der Waals surface area contributed by atoms with Crippen LogP contribution in [0, 0.1) is 20.8 Å². The molecule has 3 rings (SSSR count). The third-order valence-electron chi connectivity index (χ3n) is 5.50. The molecule has 1 saturated heterocycles. The summed E-state index contributed by atoms with van der Waals surface area (Å²) in [7, 11) is 0. The number of likely N-dealkylation sites (tertiary alicyclic amines) is 1. The number of piperidine rings is 1. The Morgan fingerprint density at radius 2 is 1.85 bits per heavy atom. The topological polar surface area (TPSA) is 68.8 Å². The van der Waals surface area contributed by atoms with E-state index in [2.05, 4.69) is 42.4 Å². The van der Waals surface area contributed by atoms with E-state index in [0.717, 1.165) is 48.6 Å². The van der Waals surface area contributed by atoms with Gasteiger partial charge in [0.05, 0.1) is 17.4 Å². The second-order valence-electron chi connectivity index (χ2n) is 8.40. The van der Waals surface area contributed by atoms with Crippen LogP contribution in [0.4, 0.5) is 0 Å². The molecule has 1 amide bonds. The highest BCUT2D eigenvalue weighted by Gasteiger charge is 2.26. The van der Waals surface area contributed by atoms with Gasteiger partial charge in [-0.1, -0.05) is 26.0 Å². The van der Waals surface area contributed by atoms with Crippen molar-refractivity contribution >= 4 is 5.91 Å². The molecule has 0 radical (unpaired) electrons. The zero-order valence-electron chi connectivity index (χ0n) is 16.8. The maximum atomic E-state index is 12.6. The lowest BCUT2D eigenvalue weighted by Crippen LogP contribution is -2.41. The summed E-state index contributed by atoms with van der Waals surface area (Å²) in [6.45, 7) is 14.3. The largest absolute Gasteiger partial charge is 0.341 e. The summed E-state index contributed by atoms with van der Waals surface area (Å²) in [6, 6.07) is 0.318. The fourth-order valence-electron chi connectivity index (χ4n) is 3.35. The van der Waals surface area contributed by atoms with Crippen LogP contribution in [0.3, 0.4) is 0 Å². The summed E-state index contributed by atoms with van der Waals surface area (Å²) in [5, 5.41) is 13.1. The summed E-state index contributed by atoms with van der Waals surface area (Å²) in [4.78, 5) is 14.6. The maximum Gasteiger partial charge on any atom is 0.244 e. The third kappa shape index (κ3) is 3.66. The molecule has 3 heterocycles. The zero-order valence-corrected chi connectivity index (χ0v) is 16.8. The SMILES string of the molecule is Cc1nn(CC(=O)N2CCC(n3cc(C(C)(C)C)nn3)CC2)c(C)c1C. The molecule has 0 atom stereocenters. The van der Waals surface area contributed by atoms with Crippen molar-refractivity contribution in [3.05, 3.63) is 28.8 Å². The summed E-state index contributed by atoms with van der Waals surface area (Å²) in [5.41, 5.74) is 4.25. The monoisotopic (exact) mass is 358 g/mol. The van der Waals surface area contributed by atoms with Gasteiger partial charge in [-0.3, -0.25) is 9.48 Å². The van der Waals surface area contributed by atoms with Crippen LogP contribution in [0.2, 0.25) is 0 Å². The van der Waals surface area contributed by atoms with Gasteiger partial charge in [0.25, 0.3) is 0 Å². The molecule has 2 aromatic heterocycles. The minimum atomic E-state index is 0.00675. The quantitative estimate of drug-likeness (QED) is 0.845. The minimum absolute atomic E-state index is 0.00675. The van der Waals surface area contributed by atoms with Crippen LogP contribution in [0.5, 0.6) is 0 Å². The molecule has 0 spiro atoms. The van der Waals surface area contributed by atoms with Gasteiger partial charge in [-0.15, -0.1) is 5.10 Å². The predicted molar refractivity (Wildman–Crippen MR) is 100 cm³/mol. The Kier molecular flexibility index (Phi) is 4.90. The first-order valence-electron chi connectivity index (χ1n) is 9.37. The second-order valence-corrected chi connectivity index (χ2v) is 8.40. The van der Waals surface area contributed by atoms with Gasteiger partial charge in [-0.05, 0) is 39.2 Å². The first-order valence-corrected chi connectivity index (χ1v) is 9.37. The molecule has 0 saturated carbocycles. The Labute approximate surface area is 155 Å². The molecule has 7 heteroatoms. The standard InChI is InChI=1S/C19H30N6O/c1-13-14(2)21-24(15(13)3)12-18(26)23-9-7-16(8-10-23)25-11-17(20-22-25)19(4,5)6/h11,16H,7-10,12H2,1-6H3. The summed E-state index contributed by atoms with van der Waals surface area (Å²) in [6.07, 6.45) is 3.88. The molecule has 0 aliphatic carbocycles. The highest BCUT2D eigenvalue weighted by Crippen LogP contribution is 2.25. The smallest absolute Gasteiger partial charge is 0.244 e. The Morgan fingerprint density at radius 1 is 1.19 bits per heavy atom. The highest BCUT2D eigenvalue weighted by atomic mass is 16.2.